The van der Waals surface area contributed by atoms with Gasteiger partial charge in [0.1, 0.15) is 5.60 Å². The van der Waals surface area contributed by atoms with E-state index in [1.807, 2.05) is 6.92 Å². The third-order valence-electron chi connectivity index (χ3n) is 3.31. The molecule has 1 aliphatic carbocycles. The van der Waals surface area contributed by atoms with E-state index >= 15 is 0 Å². The Morgan fingerprint density at radius 1 is 1.56 bits per heavy atom. The second-order valence-corrected chi connectivity index (χ2v) is 4.66. The first-order chi connectivity index (χ1) is 7.64. The summed E-state index contributed by atoms with van der Waals surface area (Å²) in [4.78, 5) is 12.2. The molecule has 1 saturated carbocycles. The van der Waals surface area contributed by atoms with Crippen LogP contribution >= 0.6 is 0 Å². The van der Waals surface area contributed by atoms with Gasteiger partial charge in [-0.25, -0.2) is 0 Å². The number of carbonyl (C=O) groups is 1. The van der Waals surface area contributed by atoms with Crippen molar-refractivity contribution in [1.29, 1.82) is 0 Å². The molecule has 0 aromatic heterocycles. The van der Waals surface area contributed by atoms with Gasteiger partial charge < -0.3 is 4.74 Å². The lowest BCUT2D eigenvalue weighted by Gasteiger charge is -2.38. The van der Waals surface area contributed by atoms with E-state index in [0.717, 1.165) is 19.3 Å². The van der Waals surface area contributed by atoms with E-state index in [2.05, 4.69) is 18.8 Å². The van der Waals surface area contributed by atoms with Crippen LogP contribution in [0.5, 0.6) is 0 Å². The highest BCUT2D eigenvalue weighted by molar-refractivity contribution is 5.89. The van der Waals surface area contributed by atoms with Gasteiger partial charge in [-0.05, 0) is 39.0 Å². The maximum absolute atomic E-state index is 12.2. The fourth-order valence-electron chi connectivity index (χ4n) is 2.57. The van der Waals surface area contributed by atoms with Crippen LogP contribution in [0.1, 0.15) is 52.9 Å². The molecule has 0 aromatic rings. The Bertz CT molecular complexity index is 294. The number of carbonyl (C=O) groups excluding carboxylic acids is 1. The largest absolute Gasteiger partial charge is 0.367 e. The van der Waals surface area contributed by atoms with Crippen LogP contribution in [-0.2, 0) is 9.53 Å². The fraction of sp³-hybridized carbons (Fsp3) is 0.786. The average molecular weight is 222 g/mol. The van der Waals surface area contributed by atoms with Crippen molar-refractivity contribution in [2.45, 2.75) is 58.5 Å². The van der Waals surface area contributed by atoms with Crippen LogP contribution < -0.4 is 0 Å². The molecule has 0 radical (unpaired) electrons. The smallest absolute Gasteiger partial charge is 0.176 e. The zero-order chi connectivity index (χ0) is 12.0. The Morgan fingerprint density at radius 3 is 2.88 bits per heavy atom. The highest BCUT2D eigenvalue weighted by Crippen LogP contribution is 2.36. The number of ether oxygens (including phenoxy) is 1. The summed E-state index contributed by atoms with van der Waals surface area (Å²) < 4.78 is 5.78. The third kappa shape index (κ3) is 3.09. The normalized spacial score (nSPS) is 29.3. The highest BCUT2D eigenvalue weighted by Gasteiger charge is 2.41. The molecule has 1 aliphatic rings. The zero-order valence-corrected chi connectivity index (χ0v) is 10.6. The number of hydrogen-bond acceptors (Lipinski definition) is 2. The van der Waals surface area contributed by atoms with E-state index in [1.165, 1.54) is 6.42 Å². The highest BCUT2D eigenvalue weighted by atomic mass is 16.5. The molecule has 0 N–H and O–H groups in total. The van der Waals surface area contributed by atoms with Gasteiger partial charge in [0.15, 0.2) is 5.78 Å². The summed E-state index contributed by atoms with van der Waals surface area (Å²) in [6.07, 6.45) is 4.37. The van der Waals surface area contributed by atoms with Gasteiger partial charge in [-0.3, -0.25) is 4.79 Å². The predicted octanol–water partition coefficient (Wildman–Crippen LogP) is 2.95. The molecule has 2 heteroatoms. The minimum Gasteiger partial charge on any atom is -0.367 e. The molecule has 0 amide bonds. The van der Waals surface area contributed by atoms with Crippen molar-refractivity contribution < 1.29 is 9.53 Å². The summed E-state index contributed by atoms with van der Waals surface area (Å²) in [5, 5.41) is 0. The lowest BCUT2D eigenvalue weighted by molar-refractivity contribution is -0.150. The Balaban J connectivity index is 2.76. The fourth-order valence-corrected chi connectivity index (χ4v) is 2.57. The second-order valence-electron chi connectivity index (χ2n) is 4.66. The molecule has 16 heavy (non-hydrogen) atoms. The Morgan fingerprint density at radius 2 is 2.31 bits per heavy atom. The van der Waals surface area contributed by atoms with Crippen LogP contribution in [0.4, 0.5) is 0 Å². The number of ketones is 1. The molecule has 0 aliphatic heterocycles. The van der Waals surface area contributed by atoms with E-state index in [-0.39, 0.29) is 5.78 Å². The van der Waals surface area contributed by atoms with Gasteiger partial charge in [-0.15, -0.1) is 5.92 Å². The van der Waals surface area contributed by atoms with E-state index in [9.17, 15) is 4.79 Å². The van der Waals surface area contributed by atoms with Gasteiger partial charge in [0.2, 0.25) is 0 Å². The molecule has 1 rings (SSSR count). The van der Waals surface area contributed by atoms with Gasteiger partial charge in [-0.2, -0.15) is 0 Å². The Labute approximate surface area is 98.8 Å². The standard InChI is InChI=1S/C14H22O2/c1-4-6-9-13(15)14(16-5-2)10-7-8-12(3)11-14/h12H,5,7-11H2,1-3H3. The van der Waals surface area contributed by atoms with Gasteiger partial charge in [0.05, 0.1) is 6.42 Å². The minimum absolute atomic E-state index is 0.176. The second kappa shape index (κ2) is 6.06. The molecular weight excluding hydrogens is 200 g/mol. The van der Waals surface area contributed by atoms with Crippen molar-refractivity contribution >= 4 is 5.78 Å². The minimum atomic E-state index is -0.531. The SMILES string of the molecule is CC#CCC(=O)C1(OCC)CCCC(C)C1. The van der Waals surface area contributed by atoms with Gasteiger partial charge >= 0.3 is 0 Å². The van der Waals surface area contributed by atoms with Crippen molar-refractivity contribution in [3.8, 4) is 11.8 Å². The summed E-state index contributed by atoms with van der Waals surface area (Å²) in [5.41, 5.74) is -0.531. The van der Waals surface area contributed by atoms with E-state index in [1.54, 1.807) is 6.92 Å². The molecule has 2 atom stereocenters. The number of hydrogen-bond donors (Lipinski definition) is 0. The van der Waals surface area contributed by atoms with Gasteiger partial charge in [0.25, 0.3) is 0 Å². The first-order valence-electron chi connectivity index (χ1n) is 6.21. The molecule has 0 aromatic carbocycles. The number of Topliss-reactive ketones (excluding diaryl/α,β-unsaturated/α-hetero) is 1. The number of rotatable bonds is 4. The van der Waals surface area contributed by atoms with Crippen molar-refractivity contribution in [3.05, 3.63) is 0 Å². The van der Waals surface area contributed by atoms with E-state index in [0.29, 0.717) is 18.9 Å². The van der Waals surface area contributed by atoms with Gasteiger partial charge in [0, 0.05) is 6.61 Å². The first kappa shape index (κ1) is 13.3. The molecule has 2 nitrogen and oxygen atoms in total. The quantitative estimate of drug-likeness (QED) is 0.684. The molecule has 0 saturated heterocycles. The zero-order valence-electron chi connectivity index (χ0n) is 10.6. The monoisotopic (exact) mass is 222 g/mol. The van der Waals surface area contributed by atoms with E-state index in [4.69, 9.17) is 4.74 Å². The van der Waals surface area contributed by atoms with Crippen LogP contribution in [0.25, 0.3) is 0 Å². The Hall–Kier alpha value is -0.810. The summed E-state index contributed by atoms with van der Waals surface area (Å²) in [7, 11) is 0. The van der Waals surface area contributed by atoms with Crippen molar-refractivity contribution in [2.75, 3.05) is 6.61 Å². The molecule has 0 spiro atoms. The first-order valence-corrected chi connectivity index (χ1v) is 6.21. The maximum atomic E-state index is 12.2. The summed E-state index contributed by atoms with van der Waals surface area (Å²) in [5.74, 6) is 6.40. The molecule has 90 valence electrons. The van der Waals surface area contributed by atoms with Gasteiger partial charge in [-0.1, -0.05) is 19.3 Å². The predicted molar refractivity (Wildman–Crippen MR) is 65.1 cm³/mol. The third-order valence-corrected chi connectivity index (χ3v) is 3.31. The van der Waals surface area contributed by atoms with Crippen LogP contribution in [0.15, 0.2) is 0 Å². The molecule has 0 heterocycles. The molecular formula is C14H22O2. The average Bonchev–Trinajstić information content (AvgIpc) is 2.26. The summed E-state index contributed by atoms with van der Waals surface area (Å²) in [6.45, 7) is 6.54. The lowest BCUT2D eigenvalue weighted by atomic mass is 9.75. The van der Waals surface area contributed by atoms with Crippen LogP contribution in [-0.4, -0.2) is 18.0 Å². The van der Waals surface area contributed by atoms with Crippen molar-refractivity contribution in [2.24, 2.45) is 5.92 Å². The van der Waals surface area contributed by atoms with Crippen molar-refractivity contribution in [1.82, 2.24) is 0 Å². The van der Waals surface area contributed by atoms with Crippen LogP contribution in [0.3, 0.4) is 0 Å². The summed E-state index contributed by atoms with van der Waals surface area (Å²) >= 11 is 0. The lowest BCUT2D eigenvalue weighted by Crippen LogP contribution is -2.45. The van der Waals surface area contributed by atoms with Crippen LogP contribution in [0.2, 0.25) is 0 Å². The summed E-state index contributed by atoms with van der Waals surface area (Å²) in [6, 6.07) is 0. The maximum Gasteiger partial charge on any atom is 0.176 e. The van der Waals surface area contributed by atoms with Crippen LogP contribution in [0, 0.1) is 17.8 Å². The van der Waals surface area contributed by atoms with E-state index < -0.39 is 5.60 Å². The Kier molecular flexibility index (Phi) is 5.02. The topological polar surface area (TPSA) is 26.3 Å². The molecule has 0 bridgehead atoms. The molecule has 1 fully saturated rings. The molecule has 2 unspecified atom stereocenters. The van der Waals surface area contributed by atoms with Crippen molar-refractivity contribution in [3.63, 3.8) is 0 Å².